The van der Waals surface area contributed by atoms with Crippen molar-refractivity contribution in [3.63, 3.8) is 0 Å². The van der Waals surface area contributed by atoms with E-state index in [9.17, 15) is 0 Å². The Kier molecular flexibility index (Phi) is 6.76. The van der Waals surface area contributed by atoms with E-state index in [4.69, 9.17) is 14.2 Å². The van der Waals surface area contributed by atoms with Gasteiger partial charge in [0.2, 0.25) is 0 Å². The molecule has 0 atom stereocenters. The second-order valence-corrected chi connectivity index (χ2v) is 5.75. The lowest BCUT2D eigenvalue weighted by Gasteiger charge is -2.27. The van der Waals surface area contributed by atoms with Crippen LogP contribution in [0.2, 0.25) is 0 Å². The average Bonchev–Trinajstić information content (AvgIpc) is 2.52. The molecular formula is C15H23BrN2O3. The van der Waals surface area contributed by atoms with Gasteiger partial charge in [-0.3, -0.25) is 5.43 Å². The van der Waals surface area contributed by atoms with E-state index in [1.165, 1.54) is 0 Å². The summed E-state index contributed by atoms with van der Waals surface area (Å²) < 4.78 is 17.4. The number of hydrogen-bond donors (Lipinski definition) is 1. The molecule has 0 radical (unpaired) electrons. The summed E-state index contributed by atoms with van der Waals surface area (Å²) in [4.78, 5) is 0. The van der Waals surface area contributed by atoms with Gasteiger partial charge in [0.25, 0.3) is 0 Å². The number of benzene rings is 1. The SMILES string of the molecule is CCCOc1c(Br)cc(CNN2CCOCC2)cc1OC. The molecule has 0 spiro atoms. The van der Waals surface area contributed by atoms with Crippen molar-refractivity contribution in [1.29, 1.82) is 0 Å². The number of hydrazine groups is 1. The molecule has 0 unspecified atom stereocenters. The summed E-state index contributed by atoms with van der Waals surface area (Å²) in [6.45, 7) is 6.91. The third kappa shape index (κ3) is 4.85. The molecule has 21 heavy (non-hydrogen) atoms. The van der Waals surface area contributed by atoms with E-state index in [1.807, 2.05) is 6.07 Å². The van der Waals surface area contributed by atoms with Crippen molar-refractivity contribution in [2.75, 3.05) is 40.0 Å². The maximum atomic E-state index is 5.74. The van der Waals surface area contributed by atoms with E-state index in [-0.39, 0.29) is 0 Å². The van der Waals surface area contributed by atoms with Crippen LogP contribution in [-0.2, 0) is 11.3 Å². The number of methoxy groups -OCH3 is 1. The zero-order valence-electron chi connectivity index (χ0n) is 12.7. The second-order valence-electron chi connectivity index (χ2n) is 4.89. The quantitative estimate of drug-likeness (QED) is 0.811. The van der Waals surface area contributed by atoms with Gasteiger partial charge in [-0.15, -0.1) is 0 Å². The highest BCUT2D eigenvalue weighted by Crippen LogP contribution is 2.36. The van der Waals surface area contributed by atoms with Crippen LogP contribution in [0.25, 0.3) is 0 Å². The van der Waals surface area contributed by atoms with Crippen LogP contribution in [0.15, 0.2) is 16.6 Å². The first-order valence-electron chi connectivity index (χ1n) is 7.30. The number of morpholine rings is 1. The number of hydrogen-bond acceptors (Lipinski definition) is 5. The molecule has 118 valence electrons. The van der Waals surface area contributed by atoms with Crippen molar-refractivity contribution in [2.45, 2.75) is 19.9 Å². The molecule has 0 amide bonds. The molecule has 0 aliphatic carbocycles. The predicted molar refractivity (Wildman–Crippen MR) is 85.7 cm³/mol. The van der Waals surface area contributed by atoms with E-state index in [0.717, 1.165) is 60.8 Å². The maximum absolute atomic E-state index is 5.74. The Bertz CT molecular complexity index is 451. The lowest BCUT2D eigenvalue weighted by atomic mass is 10.2. The number of ether oxygens (including phenoxy) is 3. The van der Waals surface area contributed by atoms with Crippen LogP contribution in [0.4, 0.5) is 0 Å². The third-order valence-corrected chi connectivity index (χ3v) is 3.85. The highest BCUT2D eigenvalue weighted by Gasteiger charge is 2.13. The highest BCUT2D eigenvalue weighted by molar-refractivity contribution is 9.10. The molecule has 0 saturated carbocycles. The van der Waals surface area contributed by atoms with Crippen molar-refractivity contribution in [3.8, 4) is 11.5 Å². The van der Waals surface area contributed by atoms with E-state index in [2.05, 4.69) is 39.4 Å². The van der Waals surface area contributed by atoms with Gasteiger partial charge in [-0.25, -0.2) is 5.01 Å². The topological polar surface area (TPSA) is 43.0 Å². The van der Waals surface area contributed by atoms with Gasteiger partial charge in [0.15, 0.2) is 11.5 Å². The third-order valence-electron chi connectivity index (χ3n) is 3.26. The fraction of sp³-hybridized carbons (Fsp3) is 0.600. The van der Waals surface area contributed by atoms with Crippen molar-refractivity contribution < 1.29 is 14.2 Å². The zero-order chi connectivity index (χ0) is 15.1. The van der Waals surface area contributed by atoms with Crippen LogP contribution in [0.5, 0.6) is 11.5 Å². The minimum atomic E-state index is 0.681. The van der Waals surface area contributed by atoms with E-state index in [1.54, 1.807) is 7.11 Å². The zero-order valence-corrected chi connectivity index (χ0v) is 14.2. The van der Waals surface area contributed by atoms with Gasteiger partial charge in [-0.2, -0.15) is 0 Å². The number of nitrogens with zero attached hydrogens (tertiary/aromatic N) is 1. The number of rotatable bonds is 7. The largest absolute Gasteiger partial charge is 0.493 e. The van der Waals surface area contributed by atoms with Gasteiger partial charge < -0.3 is 14.2 Å². The van der Waals surface area contributed by atoms with Crippen molar-refractivity contribution in [3.05, 3.63) is 22.2 Å². The summed E-state index contributed by atoms with van der Waals surface area (Å²) in [6, 6.07) is 4.09. The first kappa shape index (κ1) is 16.5. The Morgan fingerprint density at radius 2 is 2.10 bits per heavy atom. The molecule has 1 N–H and O–H groups in total. The van der Waals surface area contributed by atoms with Crippen LogP contribution in [0.1, 0.15) is 18.9 Å². The molecule has 1 aliphatic heterocycles. The monoisotopic (exact) mass is 358 g/mol. The minimum Gasteiger partial charge on any atom is -0.493 e. The molecule has 6 heteroatoms. The normalized spacial score (nSPS) is 16.0. The Labute approximate surface area is 134 Å². The van der Waals surface area contributed by atoms with Gasteiger partial charge in [-0.05, 0) is 40.0 Å². The summed E-state index contributed by atoms with van der Waals surface area (Å²) in [5.41, 5.74) is 4.56. The maximum Gasteiger partial charge on any atom is 0.175 e. The Hall–Kier alpha value is -0.820. The number of nitrogens with one attached hydrogen (secondary N) is 1. The van der Waals surface area contributed by atoms with Gasteiger partial charge in [0.1, 0.15) is 0 Å². The molecule has 1 heterocycles. The molecule has 1 aromatic carbocycles. The minimum absolute atomic E-state index is 0.681. The highest BCUT2D eigenvalue weighted by atomic mass is 79.9. The summed E-state index contributed by atoms with van der Waals surface area (Å²) in [6.07, 6.45) is 0.968. The number of halogens is 1. The Morgan fingerprint density at radius 3 is 2.76 bits per heavy atom. The van der Waals surface area contributed by atoms with Crippen molar-refractivity contribution >= 4 is 15.9 Å². The van der Waals surface area contributed by atoms with E-state index in [0.29, 0.717) is 6.61 Å². The summed E-state index contributed by atoms with van der Waals surface area (Å²) in [7, 11) is 1.67. The van der Waals surface area contributed by atoms with Crippen LogP contribution in [-0.4, -0.2) is 45.0 Å². The summed E-state index contributed by atoms with van der Waals surface area (Å²) >= 11 is 3.57. The van der Waals surface area contributed by atoms with E-state index >= 15 is 0 Å². The van der Waals surface area contributed by atoms with Gasteiger partial charge in [-0.1, -0.05) is 6.92 Å². The molecule has 1 aliphatic rings. The van der Waals surface area contributed by atoms with E-state index < -0.39 is 0 Å². The summed E-state index contributed by atoms with van der Waals surface area (Å²) in [5.74, 6) is 1.53. The Balaban J connectivity index is 2.00. The molecular weight excluding hydrogens is 336 g/mol. The first-order valence-corrected chi connectivity index (χ1v) is 8.09. The fourth-order valence-electron chi connectivity index (χ4n) is 2.14. The standard InChI is InChI=1S/C15H23BrN2O3/c1-3-6-21-15-13(16)9-12(10-14(15)19-2)11-17-18-4-7-20-8-5-18/h9-10,17H,3-8,11H2,1-2H3. The first-order chi connectivity index (χ1) is 10.2. The molecule has 5 nitrogen and oxygen atoms in total. The Morgan fingerprint density at radius 1 is 1.33 bits per heavy atom. The molecule has 1 saturated heterocycles. The van der Waals surface area contributed by atoms with Crippen molar-refractivity contribution in [2.24, 2.45) is 0 Å². The fourth-order valence-corrected chi connectivity index (χ4v) is 2.75. The second kappa shape index (κ2) is 8.58. The average molecular weight is 359 g/mol. The smallest absolute Gasteiger partial charge is 0.175 e. The molecule has 2 rings (SSSR count). The van der Waals surface area contributed by atoms with Gasteiger partial charge in [0, 0.05) is 19.6 Å². The lowest BCUT2D eigenvalue weighted by Crippen LogP contribution is -2.45. The molecule has 0 aromatic heterocycles. The van der Waals surface area contributed by atoms with Crippen LogP contribution < -0.4 is 14.9 Å². The molecule has 0 bridgehead atoms. The molecule has 1 aromatic rings. The van der Waals surface area contributed by atoms with Crippen LogP contribution in [0, 0.1) is 0 Å². The van der Waals surface area contributed by atoms with Gasteiger partial charge >= 0.3 is 0 Å². The predicted octanol–water partition coefficient (Wildman–Crippen LogP) is 2.58. The molecule has 1 fully saturated rings. The van der Waals surface area contributed by atoms with Crippen LogP contribution >= 0.6 is 15.9 Å². The summed E-state index contributed by atoms with van der Waals surface area (Å²) in [5, 5.41) is 2.19. The van der Waals surface area contributed by atoms with Crippen molar-refractivity contribution in [1.82, 2.24) is 10.4 Å². The lowest BCUT2D eigenvalue weighted by molar-refractivity contribution is 0.0105. The van der Waals surface area contributed by atoms with Crippen LogP contribution in [0.3, 0.4) is 0 Å². The van der Waals surface area contributed by atoms with Gasteiger partial charge in [0.05, 0.1) is 31.4 Å².